The Morgan fingerprint density at radius 1 is 1.00 bits per heavy atom. The monoisotopic (exact) mass is 647 g/mol. The third-order valence-corrected chi connectivity index (χ3v) is 9.35. The van der Waals surface area contributed by atoms with Crippen LogP contribution < -0.4 is 30.6 Å². The van der Waals surface area contributed by atoms with Crippen LogP contribution in [0.15, 0.2) is 52.6 Å². The Kier molecular flexibility index (Phi) is 9.71. The Morgan fingerprint density at radius 3 is 2.39 bits per heavy atom. The number of carbonyl (C=O) groups excluding carboxylic acids is 2. The molecular weight excluding hydrogens is 618 g/mol. The molecule has 0 saturated heterocycles. The van der Waals surface area contributed by atoms with Gasteiger partial charge in [0.05, 0.1) is 52.4 Å². The van der Waals surface area contributed by atoms with Crippen molar-refractivity contribution in [2.24, 2.45) is 11.6 Å². The number of methoxy groups -OCH3 is 2. The molecule has 2 aromatic heterocycles. The molecule has 234 valence electrons. The molecule has 17 heteroatoms. The van der Waals surface area contributed by atoms with E-state index in [4.69, 9.17) is 30.6 Å². The molecule has 44 heavy (non-hydrogen) atoms. The fourth-order valence-corrected chi connectivity index (χ4v) is 7.29. The molecule has 0 radical (unpaired) electrons. The zero-order valence-corrected chi connectivity index (χ0v) is 25.7. The molecule has 0 aliphatic carbocycles. The van der Waals surface area contributed by atoms with Crippen molar-refractivity contribution in [3.63, 3.8) is 0 Å². The van der Waals surface area contributed by atoms with Crippen LogP contribution in [0.4, 0.5) is 0 Å². The Balaban J connectivity index is 1.85. The minimum absolute atomic E-state index is 0.102. The van der Waals surface area contributed by atoms with Crippen molar-refractivity contribution in [3.05, 3.63) is 59.4 Å². The SMILES string of the molecule is COc1ccc2c(c1)nc(S(=O)Cc1ncc(C)c(OC)c1C)n2S(=O)(=O)c1ccc(OCC(=O)ON)c(OCC(N)=O)c1. The fourth-order valence-electron chi connectivity index (χ4n) is 4.23. The van der Waals surface area contributed by atoms with E-state index in [1.807, 2.05) is 6.92 Å². The number of carbonyl (C=O) groups is 2. The summed E-state index contributed by atoms with van der Waals surface area (Å²) in [5.41, 5.74) is 7.37. The molecule has 0 aliphatic rings. The molecule has 4 rings (SSSR count). The molecule has 0 aliphatic heterocycles. The van der Waals surface area contributed by atoms with Crippen LogP contribution >= 0.6 is 0 Å². The number of fused-ring (bicyclic) bond motifs is 1. The summed E-state index contributed by atoms with van der Waals surface area (Å²) in [6, 6.07) is 7.97. The van der Waals surface area contributed by atoms with Crippen LogP contribution in [0, 0.1) is 13.8 Å². The number of hydrogen-bond donors (Lipinski definition) is 2. The van der Waals surface area contributed by atoms with E-state index in [1.165, 1.54) is 44.6 Å². The van der Waals surface area contributed by atoms with Gasteiger partial charge in [-0.05, 0) is 38.1 Å². The summed E-state index contributed by atoms with van der Waals surface area (Å²) in [4.78, 5) is 35.4. The van der Waals surface area contributed by atoms with Gasteiger partial charge in [-0.25, -0.2) is 22.2 Å². The van der Waals surface area contributed by atoms with E-state index in [9.17, 15) is 22.2 Å². The highest BCUT2D eigenvalue weighted by Crippen LogP contribution is 2.34. The van der Waals surface area contributed by atoms with Gasteiger partial charge in [-0.1, -0.05) is 0 Å². The summed E-state index contributed by atoms with van der Waals surface area (Å²) in [5.74, 6) is 3.53. The maximum absolute atomic E-state index is 14.2. The first-order valence-corrected chi connectivity index (χ1v) is 15.4. The third kappa shape index (κ3) is 6.58. The number of pyridine rings is 1. The molecule has 1 unspecified atom stereocenters. The number of aromatic nitrogens is 3. The molecule has 2 heterocycles. The van der Waals surface area contributed by atoms with Crippen LogP contribution in [0.3, 0.4) is 0 Å². The molecule has 1 amide bonds. The summed E-state index contributed by atoms with van der Waals surface area (Å²) in [6.07, 6.45) is 1.58. The van der Waals surface area contributed by atoms with Crippen LogP contribution in [0.1, 0.15) is 16.8 Å². The number of nitrogens with zero attached hydrogens (tertiary/aromatic N) is 3. The van der Waals surface area contributed by atoms with Crippen LogP contribution in [0.25, 0.3) is 11.0 Å². The van der Waals surface area contributed by atoms with Gasteiger partial charge in [0.15, 0.2) is 24.7 Å². The van der Waals surface area contributed by atoms with Crippen LogP contribution in [-0.4, -0.2) is 65.9 Å². The molecule has 4 aromatic rings. The lowest BCUT2D eigenvalue weighted by Gasteiger charge is -2.15. The number of aryl methyl sites for hydroxylation is 1. The Morgan fingerprint density at radius 2 is 1.73 bits per heavy atom. The van der Waals surface area contributed by atoms with E-state index in [1.54, 1.807) is 13.1 Å². The normalized spacial score (nSPS) is 12.0. The first-order valence-electron chi connectivity index (χ1n) is 12.7. The number of ether oxygens (including phenoxy) is 4. The van der Waals surface area contributed by atoms with Crippen molar-refractivity contribution in [2.75, 3.05) is 27.4 Å². The van der Waals surface area contributed by atoms with E-state index in [0.717, 1.165) is 15.6 Å². The van der Waals surface area contributed by atoms with Gasteiger partial charge in [0.1, 0.15) is 11.5 Å². The van der Waals surface area contributed by atoms with Gasteiger partial charge < -0.3 is 29.5 Å². The quantitative estimate of drug-likeness (QED) is 0.196. The van der Waals surface area contributed by atoms with Crippen molar-refractivity contribution in [3.8, 4) is 23.0 Å². The topological polar surface area (TPSA) is 214 Å². The van der Waals surface area contributed by atoms with Crippen LogP contribution in [0.5, 0.6) is 23.0 Å². The smallest absolute Gasteiger partial charge is 0.362 e. The Hall–Kier alpha value is -4.74. The van der Waals surface area contributed by atoms with Crippen molar-refractivity contribution >= 4 is 43.7 Å². The van der Waals surface area contributed by atoms with Gasteiger partial charge in [0.2, 0.25) is 5.16 Å². The third-order valence-electron chi connectivity index (χ3n) is 6.31. The zero-order chi connectivity index (χ0) is 32.2. The minimum Gasteiger partial charge on any atom is -0.497 e. The minimum atomic E-state index is -4.54. The number of primary amides is 1. The molecule has 0 bridgehead atoms. The first kappa shape index (κ1) is 32.2. The number of nitrogens with two attached hydrogens (primary N) is 2. The molecule has 2 aromatic carbocycles. The van der Waals surface area contributed by atoms with Crippen LogP contribution in [-0.2, 0) is 41.0 Å². The number of rotatable bonds is 13. The van der Waals surface area contributed by atoms with Gasteiger partial charge in [0.25, 0.3) is 15.9 Å². The molecule has 1 atom stereocenters. The maximum Gasteiger partial charge on any atom is 0.362 e. The summed E-state index contributed by atoms with van der Waals surface area (Å²) in [6.45, 7) is 2.32. The Bertz CT molecular complexity index is 1870. The summed E-state index contributed by atoms with van der Waals surface area (Å²) < 4.78 is 64.5. The van der Waals surface area contributed by atoms with Gasteiger partial charge in [-0.15, -0.1) is 0 Å². The van der Waals surface area contributed by atoms with Crippen molar-refractivity contribution < 1.29 is 46.0 Å². The van der Waals surface area contributed by atoms with Gasteiger partial charge in [-0.2, -0.15) is 5.90 Å². The summed E-state index contributed by atoms with van der Waals surface area (Å²) in [5, 5.41) is -0.278. The van der Waals surface area contributed by atoms with Crippen molar-refractivity contribution in [2.45, 2.75) is 29.7 Å². The average Bonchev–Trinajstić information content (AvgIpc) is 3.40. The first-order chi connectivity index (χ1) is 20.9. The number of amides is 1. The van der Waals surface area contributed by atoms with Crippen molar-refractivity contribution in [1.82, 2.24) is 13.9 Å². The molecular formula is C27H29N5O10S2. The van der Waals surface area contributed by atoms with E-state index in [-0.39, 0.29) is 38.3 Å². The van der Waals surface area contributed by atoms with E-state index < -0.39 is 45.9 Å². The molecule has 0 saturated carbocycles. The standard InChI is InChI=1S/C27H29N5O10S2/c1-15-11-30-20(16(2)26(15)39-4)14-43(35)27-31-19-9-17(38-3)5-7-21(19)32(27)44(36,37)18-6-8-22(41-13-25(34)42-29)23(10-18)40-12-24(28)33/h5-11H,12-14,29H2,1-4H3,(H2,28,33). The lowest BCUT2D eigenvalue weighted by molar-refractivity contribution is -0.146. The van der Waals surface area contributed by atoms with Crippen molar-refractivity contribution in [1.29, 1.82) is 0 Å². The molecule has 15 nitrogen and oxygen atoms in total. The highest BCUT2D eigenvalue weighted by atomic mass is 32.2. The number of imidazole rings is 1. The van der Waals surface area contributed by atoms with Crippen LogP contribution in [0.2, 0.25) is 0 Å². The predicted octanol–water partition coefficient (Wildman–Crippen LogP) is 1.27. The lowest BCUT2D eigenvalue weighted by Crippen LogP contribution is -2.22. The highest BCUT2D eigenvalue weighted by Gasteiger charge is 2.30. The molecule has 0 spiro atoms. The van der Waals surface area contributed by atoms with E-state index in [2.05, 4.69) is 14.8 Å². The number of hydrogen-bond acceptors (Lipinski definition) is 13. The second kappa shape index (κ2) is 13.3. The molecule has 0 fully saturated rings. The fraction of sp³-hybridized carbons (Fsp3) is 0.259. The Labute approximate surface area is 254 Å². The van der Waals surface area contributed by atoms with Gasteiger partial charge in [0, 0.05) is 29.5 Å². The van der Waals surface area contributed by atoms with E-state index in [0.29, 0.717) is 22.8 Å². The number of benzene rings is 2. The maximum atomic E-state index is 14.2. The van der Waals surface area contributed by atoms with Gasteiger partial charge >= 0.3 is 5.97 Å². The summed E-state index contributed by atoms with van der Waals surface area (Å²) >= 11 is 0. The average molecular weight is 648 g/mol. The largest absolute Gasteiger partial charge is 0.497 e. The lowest BCUT2D eigenvalue weighted by atomic mass is 10.1. The summed E-state index contributed by atoms with van der Waals surface area (Å²) in [7, 11) is -3.62. The predicted molar refractivity (Wildman–Crippen MR) is 156 cm³/mol. The van der Waals surface area contributed by atoms with Gasteiger partial charge in [-0.3, -0.25) is 14.0 Å². The second-order valence-electron chi connectivity index (χ2n) is 9.20. The molecule has 4 N–H and O–H groups in total. The highest BCUT2D eigenvalue weighted by molar-refractivity contribution is 7.91. The van der Waals surface area contributed by atoms with E-state index >= 15 is 0 Å². The zero-order valence-electron chi connectivity index (χ0n) is 24.1. The second-order valence-corrected chi connectivity index (χ2v) is 12.3.